The van der Waals surface area contributed by atoms with Crippen LogP contribution in [0.5, 0.6) is 5.75 Å². The number of rotatable bonds is 3. The van der Waals surface area contributed by atoms with Crippen molar-refractivity contribution in [3.05, 3.63) is 74.5 Å². The summed E-state index contributed by atoms with van der Waals surface area (Å²) in [6.07, 6.45) is 2.15. The molecule has 3 heterocycles. The molecule has 0 fully saturated rings. The van der Waals surface area contributed by atoms with E-state index >= 15 is 0 Å². The standard InChI is InChI=1S/C19H16ClFN4O2/c20-14-8-12(21)7-11(17(14)26)9-25-6-4-13-16(10-25)23-18(24-19(13)27)15-3-1-2-5-22-15/h1-3,5,7-8,26H,4,6,9-10H2,(H,23,24,27). The Hall–Kier alpha value is -2.77. The molecule has 1 aromatic carbocycles. The minimum Gasteiger partial charge on any atom is -0.506 e. The summed E-state index contributed by atoms with van der Waals surface area (Å²) in [5, 5.41) is 10.1. The Bertz CT molecular complexity index is 1060. The van der Waals surface area contributed by atoms with E-state index in [2.05, 4.69) is 15.0 Å². The van der Waals surface area contributed by atoms with Crippen molar-refractivity contribution in [1.29, 1.82) is 0 Å². The van der Waals surface area contributed by atoms with Gasteiger partial charge in [-0.3, -0.25) is 14.7 Å². The van der Waals surface area contributed by atoms with Crippen molar-refractivity contribution in [3.63, 3.8) is 0 Å². The summed E-state index contributed by atoms with van der Waals surface area (Å²) < 4.78 is 13.6. The van der Waals surface area contributed by atoms with Gasteiger partial charge >= 0.3 is 0 Å². The van der Waals surface area contributed by atoms with Crippen LogP contribution >= 0.6 is 11.6 Å². The van der Waals surface area contributed by atoms with Gasteiger partial charge < -0.3 is 10.1 Å². The molecular formula is C19H16ClFN4O2. The lowest BCUT2D eigenvalue weighted by Gasteiger charge is -2.28. The van der Waals surface area contributed by atoms with Gasteiger partial charge in [-0.1, -0.05) is 17.7 Å². The topological polar surface area (TPSA) is 82.1 Å². The summed E-state index contributed by atoms with van der Waals surface area (Å²) in [7, 11) is 0. The molecule has 4 rings (SSSR count). The predicted octanol–water partition coefficient (Wildman–Crippen LogP) is 2.89. The molecule has 0 radical (unpaired) electrons. The molecule has 27 heavy (non-hydrogen) atoms. The van der Waals surface area contributed by atoms with Gasteiger partial charge in [0.25, 0.3) is 5.56 Å². The number of hydrogen-bond acceptors (Lipinski definition) is 5. The quantitative estimate of drug-likeness (QED) is 0.723. The number of benzene rings is 1. The second kappa shape index (κ2) is 7.09. The van der Waals surface area contributed by atoms with Crippen molar-refractivity contribution in [2.45, 2.75) is 19.5 Å². The normalized spacial score (nSPS) is 14.1. The number of hydrogen-bond donors (Lipinski definition) is 2. The molecule has 0 aliphatic carbocycles. The number of fused-ring (bicyclic) bond motifs is 1. The van der Waals surface area contributed by atoms with Crippen molar-refractivity contribution in [2.75, 3.05) is 6.54 Å². The van der Waals surface area contributed by atoms with Crippen molar-refractivity contribution in [3.8, 4) is 17.3 Å². The van der Waals surface area contributed by atoms with Gasteiger partial charge in [-0.2, -0.15) is 0 Å². The average molecular weight is 387 g/mol. The van der Waals surface area contributed by atoms with Crippen LogP contribution in [-0.4, -0.2) is 31.5 Å². The lowest BCUT2D eigenvalue weighted by Crippen LogP contribution is -2.35. The number of nitrogens with zero attached hydrogens (tertiary/aromatic N) is 3. The van der Waals surface area contributed by atoms with E-state index in [9.17, 15) is 14.3 Å². The minimum atomic E-state index is -0.503. The van der Waals surface area contributed by atoms with Crippen LogP contribution in [0.1, 0.15) is 16.8 Å². The lowest BCUT2D eigenvalue weighted by molar-refractivity contribution is 0.237. The van der Waals surface area contributed by atoms with Crippen LogP contribution in [0.4, 0.5) is 4.39 Å². The van der Waals surface area contributed by atoms with E-state index in [1.807, 2.05) is 11.0 Å². The number of halogens is 2. The van der Waals surface area contributed by atoms with Gasteiger partial charge in [0.15, 0.2) is 5.82 Å². The molecule has 0 atom stereocenters. The van der Waals surface area contributed by atoms with Crippen LogP contribution in [-0.2, 0) is 19.5 Å². The molecule has 1 aliphatic rings. The lowest BCUT2D eigenvalue weighted by atomic mass is 10.0. The second-order valence-electron chi connectivity index (χ2n) is 6.41. The fourth-order valence-corrected chi connectivity index (χ4v) is 3.46. The first-order valence-electron chi connectivity index (χ1n) is 8.44. The van der Waals surface area contributed by atoms with Crippen LogP contribution in [0.15, 0.2) is 41.3 Å². The maximum absolute atomic E-state index is 13.6. The molecule has 6 nitrogen and oxygen atoms in total. The Kier molecular flexibility index (Phi) is 4.63. The summed E-state index contributed by atoms with van der Waals surface area (Å²) in [6, 6.07) is 7.73. The third kappa shape index (κ3) is 3.56. The van der Waals surface area contributed by atoms with Gasteiger partial charge in [0.2, 0.25) is 0 Å². The number of phenolic OH excluding ortho intramolecular Hbond substituents is 1. The third-order valence-electron chi connectivity index (χ3n) is 4.56. The summed E-state index contributed by atoms with van der Waals surface area (Å²) in [4.78, 5) is 26.0. The molecule has 3 aromatic rings. The Morgan fingerprint density at radius 3 is 2.96 bits per heavy atom. The number of pyridine rings is 1. The number of nitrogens with one attached hydrogen (secondary N) is 1. The highest BCUT2D eigenvalue weighted by Crippen LogP contribution is 2.30. The van der Waals surface area contributed by atoms with Crippen LogP contribution in [0.2, 0.25) is 5.02 Å². The highest BCUT2D eigenvalue weighted by molar-refractivity contribution is 6.32. The molecule has 0 saturated carbocycles. The Morgan fingerprint density at radius 1 is 1.33 bits per heavy atom. The van der Waals surface area contributed by atoms with Gasteiger partial charge in [0.1, 0.15) is 17.3 Å². The van der Waals surface area contributed by atoms with Gasteiger partial charge in [0.05, 0.1) is 10.7 Å². The van der Waals surface area contributed by atoms with E-state index in [4.69, 9.17) is 11.6 Å². The van der Waals surface area contributed by atoms with Gasteiger partial charge in [-0.15, -0.1) is 0 Å². The molecule has 8 heteroatoms. The molecule has 138 valence electrons. The maximum atomic E-state index is 13.6. The zero-order valence-corrected chi connectivity index (χ0v) is 15.0. The highest BCUT2D eigenvalue weighted by Gasteiger charge is 2.23. The van der Waals surface area contributed by atoms with Crippen LogP contribution in [0.25, 0.3) is 11.5 Å². The molecule has 2 aromatic heterocycles. The Labute approximate surface area is 159 Å². The molecule has 0 spiro atoms. The van der Waals surface area contributed by atoms with Crippen molar-refractivity contribution < 1.29 is 9.50 Å². The smallest absolute Gasteiger partial charge is 0.254 e. The zero-order valence-electron chi connectivity index (χ0n) is 14.2. The predicted molar refractivity (Wildman–Crippen MR) is 99.0 cm³/mol. The molecule has 0 unspecified atom stereocenters. The second-order valence-corrected chi connectivity index (χ2v) is 6.82. The monoisotopic (exact) mass is 386 g/mol. The number of aromatic hydroxyl groups is 1. The maximum Gasteiger partial charge on any atom is 0.254 e. The minimum absolute atomic E-state index is 0.0191. The number of phenols is 1. The zero-order chi connectivity index (χ0) is 19.0. The Morgan fingerprint density at radius 2 is 2.19 bits per heavy atom. The molecular weight excluding hydrogens is 371 g/mol. The van der Waals surface area contributed by atoms with E-state index in [0.717, 1.165) is 6.07 Å². The van der Waals surface area contributed by atoms with Crippen LogP contribution < -0.4 is 5.56 Å². The summed E-state index contributed by atoms with van der Waals surface area (Å²) in [6.45, 7) is 1.30. The SMILES string of the molecule is O=c1[nH]c(-c2ccccn2)nc2c1CCN(Cc1cc(F)cc(Cl)c1O)C2. The van der Waals surface area contributed by atoms with E-state index in [1.165, 1.54) is 6.07 Å². The fourth-order valence-electron chi connectivity index (χ4n) is 3.23. The first kappa shape index (κ1) is 17.6. The van der Waals surface area contributed by atoms with Crippen LogP contribution in [0.3, 0.4) is 0 Å². The van der Waals surface area contributed by atoms with Crippen LogP contribution in [0, 0.1) is 5.82 Å². The van der Waals surface area contributed by atoms with Crippen molar-refractivity contribution in [1.82, 2.24) is 19.9 Å². The van der Waals surface area contributed by atoms with Gasteiger partial charge in [0, 0.05) is 37.0 Å². The van der Waals surface area contributed by atoms with E-state index in [0.29, 0.717) is 54.4 Å². The third-order valence-corrected chi connectivity index (χ3v) is 4.85. The van der Waals surface area contributed by atoms with Crippen molar-refractivity contribution in [2.24, 2.45) is 0 Å². The van der Waals surface area contributed by atoms with Crippen molar-refractivity contribution >= 4 is 11.6 Å². The molecule has 1 aliphatic heterocycles. The molecule has 2 N–H and O–H groups in total. The molecule has 0 saturated heterocycles. The first-order valence-corrected chi connectivity index (χ1v) is 8.82. The number of aromatic nitrogens is 3. The Balaban J connectivity index is 1.63. The van der Waals surface area contributed by atoms with E-state index < -0.39 is 5.82 Å². The molecule has 0 amide bonds. The summed E-state index contributed by atoms with van der Waals surface area (Å²) in [5.74, 6) is -0.216. The highest BCUT2D eigenvalue weighted by atomic mass is 35.5. The van der Waals surface area contributed by atoms with E-state index in [-0.39, 0.29) is 16.3 Å². The average Bonchev–Trinajstić information content (AvgIpc) is 2.66. The van der Waals surface area contributed by atoms with Gasteiger partial charge in [-0.05, 0) is 30.7 Å². The fraction of sp³-hybridized carbons (Fsp3) is 0.211. The largest absolute Gasteiger partial charge is 0.506 e. The number of aromatic amines is 1. The summed E-state index contributed by atoms with van der Waals surface area (Å²) in [5.41, 5.74) is 2.12. The molecule has 0 bridgehead atoms. The van der Waals surface area contributed by atoms with Gasteiger partial charge in [-0.25, -0.2) is 9.37 Å². The van der Waals surface area contributed by atoms with E-state index in [1.54, 1.807) is 18.3 Å². The first-order chi connectivity index (χ1) is 13.0. The summed E-state index contributed by atoms with van der Waals surface area (Å²) >= 11 is 5.85. The number of H-pyrrole nitrogens is 1.